The van der Waals surface area contributed by atoms with E-state index in [2.05, 4.69) is 11.8 Å². The van der Waals surface area contributed by atoms with E-state index in [0.29, 0.717) is 13.0 Å². The molecule has 0 N–H and O–H groups in total. The monoisotopic (exact) mass is 330 g/mol. The zero-order chi connectivity index (χ0) is 16.2. The Morgan fingerprint density at radius 1 is 1.14 bits per heavy atom. The van der Waals surface area contributed by atoms with E-state index in [1.54, 1.807) is 0 Å². The van der Waals surface area contributed by atoms with Crippen molar-refractivity contribution >= 4 is 15.7 Å². The summed E-state index contributed by atoms with van der Waals surface area (Å²) in [4.78, 5) is 16.7. The number of carbonyl (C=O) groups excluding carboxylic acids is 1. The fourth-order valence-electron chi connectivity index (χ4n) is 3.85. The second kappa shape index (κ2) is 7.30. The highest BCUT2D eigenvalue weighted by atomic mass is 32.2. The van der Waals surface area contributed by atoms with E-state index in [1.807, 2.05) is 4.90 Å². The van der Waals surface area contributed by atoms with Crippen LogP contribution in [0.3, 0.4) is 0 Å². The number of sulfone groups is 1. The Labute approximate surface area is 135 Å². The van der Waals surface area contributed by atoms with Gasteiger partial charge in [0.25, 0.3) is 0 Å². The fourth-order valence-corrected chi connectivity index (χ4v) is 4.37. The maximum Gasteiger partial charge on any atom is 0.223 e. The number of likely N-dealkylation sites (tertiary alicyclic amines) is 2. The van der Waals surface area contributed by atoms with Crippen molar-refractivity contribution in [1.82, 2.24) is 9.80 Å². The third kappa shape index (κ3) is 4.44. The molecule has 1 atom stereocenters. The summed E-state index contributed by atoms with van der Waals surface area (Å²) >= 11 is 0. The van der Waals surface area contributed by atoms with Gasteiger partial charge >= 0.3 is 0 Å². The molecule has 0 radical (unpaired) electrons. The average molecular weight is 330 g/mol. The Bertz CT molecular complexity index is 492. The smallest absolute Gasteiger partial charge is 0.223 e. The van der Waals surface area contributed by atoms with Crippen LogP contribution in [0.5, 0.6) is 0 Å². The van der Waals surface area contributed by atoms with Crippen LogP contribution in [0.1, 0.15) is 51.9 Å². The summed E-state index contributed by atoms with van der Waals surface area (Å²) in [5, 5.41) is 0. The van der Waals surface area contributed by atoms with Gasteiger partial charge in [0.05, 0.1) is 5.75 Å². The molecule has 0 aromatic heterocycles. The number of rotatable bonds is 6. The van der Waals surface area contributed by atoms with Gasteiger partial charge in [0.1, 0.15) is 9.84 Å². The van der Waals surface area contributed by atoms with Gasteiger partial charge in [0.15, 0.2) is 0 Å². The molecule has 0 bridgehead atoms. The highest BCUT2D eigenvalue weighted by molar-refractivity contribution is 7.90. The summed E-state index contributed by atoms with van der Waals surface area (Å²) in [5.41, 5.74) is -0.0806. The van der Waals surface area contributed by atoms with Crippen molar-refractivity contribution in [2.24, 2.45) is 0 Å². The van der Waals surface area contributed by atoms with Crippen molar-refractivity contribution in [3.05, 3.63) is 0 Å². The van der Waals surface area contributed by atoms with Crippen molar-refractivity contribution in [2.75, 3.05) is 38.2 Å². The second-order valence-electron chi connectivity index (χ2n) is 6.95. The molecule has 2 heterocycles. The van der Waals surface area contributed by atoms with Crippen molar-refractivity contribution in [3.8, 4) is 0 Å². The lowest BCUT2D eigenvalue weighted by Gasteiger charge is -2.38. The van der Waals surface area contributed by atoms with Gasteiger partial charge in [0.2, 0.25) is 5.91 Å². The van der Waals surface area contributed by atoms with E-state index < -0.39 is 9.84 Å². The minimum absolute atomic E-state index is 0.0806. The first-order valence-corrected chi connectivity index (χ1v) is 10.6. The summed E-state index contributed by atoms with van der Waals surface area (Å²) < 4.78 is 22.9. The van der Waals surface area contributed by atoms with Crippen LogP contribution in [-0.2, 0) is 14.6 Å². The molecule has 1 amide bonds. The van der Waals surface area contributed by atoms with Crippen LogP contribution >= 0.6 is 0 Å². The summed E-state index contributed by atoms with van der Waals surface area (Å²) in [5.74, 6) is 0.227. The molecule has 0 aromatic carbocycles. The summed E-state index contributed by atoms with van der Waals surface area (Å²) in [6.07, 6.45) is 8.28. The van der Waals surface area contributed by atoms with Crippen molar-refractivity contribution in [2.45, 2.75) is 57.4 Å². The number of carbonyl (C=O) groups is 1. The topological polar surface area (TPSA) is 57.7 Å². The van der Waals surface area contributed by atoms with Crippen LogP contribution in [0.4, 0.5) is 0 Å². The lowest BCUT2D eigenvalue weighted by Crippen LogP contribution is -2.48. The minimum atomic E-state index is -3.03. The Kier molecular flexibility index (Phi) is 5.88. The molecule has 2 fully saturated rings. The average Bonchev–Trinajstić information content (AvgIpc) is 2.62. The van der Waals surface area contributed by atoms with Gasteiger partial charge in [0, 0.05) is 31.3 Å². The zero-order valence-corrected chi connectivity index (χ0v) is 14.8. The van der Waals surface area contributed by atoms with Crippen molar-refractivity contribution in [1.29, 1.82) is 0 Å². The zero-order valence-electron chi connectivity index (χ0n) is 14.0. The van der Waals surface area contributed by atoms with E-state index >= 15 is 0 Å². The third-order valence-corrected chi connectivity index (χ3v) is 6.13. The number of amides is 1. The molecule has 2 rings (SSSR count). The molecular weight excluding hydrogens is 300 g/mol. The highest BCUT2D eigenvalue weighted by Crippen LogP contribution is 2.39. The quantitative estimate of drug-likeness (QED) is 0.743. The first-order valence-electron chi connectivity index (χ1n) is 8.57. The van der Waals surface area contributed by atoms with E-state index in [9.17, 15) is 13.2 Å². The molecule has 128 valence electrons. The molecule has 1 spiro atoms. The Morgan fingerprint density at radius 3 is 2.59 bits per heavy atom. The Balaban J connectivity index is 2.02. The van der Waals surface area contributed by atoms with E-state index in [0.717, 1.165) is 45.3 Å². The summed E-state index contributed by atoms with van der Waals surface area (Å²) in [6, 6.07) is 0. The molecular formula is C16H30N2O3S. The predicted octanol–water partition coefficient (Wildman–Crippen LogP) is 1.68. The SMILES string of the molecule is CCCCN1CCCC2(CCC(=O)N2CCS(C)(=O)=O)CC1. The van der Waals surface area contributed by atoms with Crippen LogP contribution in [-0.4, -0.2) is 67.9 Å². The van der Waals surface area contributed by atoms with Crippen molar-refractivity contribution < 1.29 is 13.2 Å². The maximum atomic E-state index is 12.2. The molecule has 2 aliphatic heterocycles. The molecule has 6 heteroatoms. The van der Waals surface area contributed by atoms with E-state index in [-0.39, 0.29) is 17.2 Å². The summed E-state index contributed by atoms with van der Waals surface area (Å²) in [7, 11) is -3.03. The lowest BCUT2D eigenvalue weighted by atomic mass is 9.88. The molecule has 2 saturated heterocycles. The predicted molar refractivity (Wildman–Crippen MR) is 88.6 cm³/mol. The minimum Gasteiger partial charge on any atom is -0.336 e. The number of unbranched alkanes of at least 4 members (excludes halogenated alkanes) is 1. The Hall–Kier alpha value is -0.620. The molecule has 0 aliphatic carbocycles. The van der Waals surface area contributed by atoms with E-state index in [1.165, 1.54) is 19.1 Å². The number of hydrogen-bond donors (Lipinski definition) is 0. The van der Waals surface area contributed by atoms with E-state index in [4.69, 9.17) is 0 Å². The fraction of sp³-hybridized carbons (Fsp3) is 0.938. The normalized spacial score (nSPS) is 27.5. The van der Waals surface area contributed by atoms with Crippen LogP contribution in [0.2, 0.25) is 0 Å². The Morgan fingerprint density at radius 2 is 1.91 bits per heavy atom. The van der Waals surface area contributed by atoms with Crippen molar-refractivity contribution in [3.63, 3.8) is 0 Å². The molecule has 2 aliphatic rings. The van der Waals surface area contributed by atoms with Gasteiger partial charge in [-0.2, -0.15) is 0 Å². The molecule has 5 nitrogen and oxygen atoms in total. The van der Waals surface area contributed by atoms with Gasteiger partial charge in [-0.25, -0.2) is 8.42 Å². The van der Waals surface area contributed by atoms with Gasteiger partial charge < -0.3 is 9.80 Å². The molecule has 0 aromatic rings. The second-order valence-corrected chi connectivity index (χ2v) is 9.21. The van der Waals surface area contributed by atoms with Crippen LogP contribution in [0.15, 0.2) is 0 Å². The third-order valence-electron chi connectivity index (χ3n) is 5.20. The first-order chi connectivity index (χ1) is 10.4. The van der Waals surface area contributed by atoms with Crippen LogP contribution in [0.25, 0.3) is 0 Å². The lowest BCUT2D eigenvalue weighted by molar-refractivity contribution is -0.131. The largest absolute Gasteiger partial charge is 0.336 e. The number of hydrogen-bond acceptors (Lipinski definition) is 4. The maximum absolute atomic E-state index is 12.2. The van der Waals surface area contributed by atoms with Gasteiger partial charge in [-0.3, -0.25) is 4.79 Å². The first kappa shape index (κ1) is 17.7. The molecule has 22 heavy (non-hydrogen) atoms. The summed E-state index contributed by atoms with van der Waals surface area (Å²) in [6.45, 7) is 5.86. The van der Waals surface area contributed by atoms with Gasteiger partial charge in [-0.1, -0.05) is 13.3 Å². The van der Waals surface area contributed by atoms with Gasteiger partial charge in [-0.15, -0.1) is 0 Å². The molecule has 1 unspecified atom stereocenters. The standard InChI is InChI=1S/C16H30N2O3S/c1-3-4-10-17-11-5-7-16(9-12-17)8-6-15(19)18(16)13-14-22(2,20)21/h3-14H2,1-2H3. The van der Waals surface area contributed by atoms with Crippen LogP contribution in [0, 0.1) is 0 Å². The highest BCUT2D eigenvalue weighted by Gasteiger charge is 2.45. The number of nitrogens with zero attached hydrogens (tertiary/aromatic N) is 2. The molecule has 0 saturated carbocycles. The van der Waals surface area contributed by atoms with Gasteiger partial charge in [-0.05, 0) is 45.2 Å². The van der Waals surface area contributed by atoms with Crippen LogP contribution < -0.4 is 0 Å².